The predicted molar refractivity (Wildman–Crippen MR) is 131 cm³/mol. The lowest BCUT2D eigenvalue weighted by Crippen LogP contribution is -2.33. The number of carbonyl (C=O) groups is 1. The van der Waals surface area contributed by atoms with Crippen LogP contribution in [0.1, 0.15) is 86.8 Å². The number of allylic oxidation sites excluding steroid dienone is 5. The van der Waals surface area contributed by atoms with Gasteiger partial charge in [0, 0.05) is 15.7 Å². The molecule has 0 saturated carbocycles. The van der Waals surface area contributed by atoms with Crippen molar-refractivity contribution >= 4 is 23.3 Å². The Balaban J connectivity index is 0.00000184. The topological polar surface area (TPSA) is 37.3 Å². The molecule has 3 heteroatoms. The van der Waals surface area contributed by atoms with E-state index in [1.807, 2.05) is 57.7 Å². The molecule has 1 aromatic carbocycles. The van der Waals surface area contributed by atoms with E-state index in [2.05, 4.69) is 52.8 Å². The van der Waals surface area contributed by atoms with Crippen molar-refractivity contribution in [1.29, 1.82) is 0 Å². The summed E-state index contributed by atoms with van der Waals surface area (Å²) in [5.41, 5.74) is 4.70. The summed E-state index contributed by atoms with van der Waals surface area (Å²) in [5.74, 6) is -0.916. The predicted octanol–water partition coefficient (Wildman–Crippen LogP) is 8.28. The molecule has 29 heavy (non-hydrogen) atoms. The van der Waals surface area contributed by atoms with E-state index in [4.69, 9.17) is 5.11 Å². The minimum absolute atomic E-state index is 0.164. The molecular weight excluding hydrogens is 376 g/mol. The minimum atomic E-state index is -0.916. The summed E-state index contributed by atoms with van der Waals surface area (Å²) < 4.78 is 0.264. The molecule has 0 saturated heterocycles. The second-order valence-electron chi connectivity index (χ2n) is 8.07. The highest BCUT2D eigenvalue weighted by Crippen LogP contribution is 2.51. The molecule has 1 heterocycles. The molecule has 0 aliphatic carbocycles. The van der Waals surface area contributed by atoms with Crippen LogP contribution < -0.4 is 0 Å². The molecule has 0 spiro atoms. The van der Waals surface area contributed by atoms with Crippen molar-refractivity contribution in [1.82, 2.24) is 0 Å². The van der Waals surface area contributed by atoms with Gasteiger partial charge in [-0.05, 0) is 60.1 Å². The zero-order valence-electron chi connectivity index (χ0n) is 20.0. The largest absolute Gasteiger partial charge is 0.478 e. The van der Waals surface area contributed by atoms with Crippen LogP contribution in [0.4, 0.5) is 0 Å². The van der Waals surface area contributed by atoms with Crippen LogP contribution in [0.2, 0.25) is 0 Å². The summed E-state index contributed by atoms with van der Waals surface area (Å²) in [5, 5.41) is 8.74. The molecule has 2 rings (SSSR count). The average Bonchev–Trinajstić information content (AvgIpc) is 2.62. The summed E-state index contributed by atoms with van der Waals surface area (Å²) in [7, 11) is 0. The Kier molecular flexibility index (Phi) is 11.3. The normalized spacial score (nSPS) is 17.4. The van der Waals surface area contributed by atoms with Gasteiger partial charge in [-0.15, -0.1) is 11.8 Å². The van der Waals surface area contributed by atoms with Gasteiger partial charge in [0.25, 0.3) is 0 Å². The Labute approximate surface area is 183 Å². The van der Waals surface area contributed by atoms with E-state index >= 15 is 0 Å². The fourth-order valence-electron chi connectivity index (χ4n) is 3.57. The van der Waals surface area contributed by atoms with E-state index in [-0.39, 0.29) is 10.2 Å². The Hall–Kier alpha value is -1.74. The van der Waals surface area contributed by atoms with Gasteiger partial charge >= 0.3 is 5.97 Å². The van der Waals surface area contributed by atoms with Gasteiger partial charge in [0.05, 0.1) is 0 Å². The van der Waals surface area contributed by atoms with Crippen LogP contribution in [0, 0.1) is 0 Å². The van der Waals surface area contributed by atoms with Crippen LogP contribution in [-0.4, -0.2) is 15.8 Å². The molecule has 1 aliphatic heterocycles. The van der Waals surface area contributed by atoms with Crippen LogP contribution in [0.25, 0.3) is 5.57 Å². The third-order valence-corrected chi connectivity index (χ3v) is 5.75. The number of carboxylic acid groups (broad SMARTS) is 1. The lowest BCUT2D eigenvalue weighted by atomic mass is 9.76. The van der Waals surface area contributed by atoms with Gasteiger partial charge in [-0.2, -0.15) is 0 Å². The number of aliphatic carboxylic acids is 1. The summed E-state index contributed by atoms with van der Waals surface area (Å²) in [6.45, 7) is 21.2. The number of benzene rings is 1. The highest BCUT2D eigenvalue weighted by Gasteiger charge is 2.37. The molecule has 2 nitrogen and oxygen atoms in total. The van der Waals surface area contributed by atoms with Crippen molar-refractivity contribution in [2.75, 3.05) is 0 Å². The third-order valence-electron chi connectivity index (χ3n) is 4.47. The maximum absolute atomic E-state index is 10.6. The Morgan fingerprint density at radius 3 is 2.21 bits per heavy atom. The van der Waals surface area contributed by atoms with Crippen LogP contribution in [-0.2, 0) is 10.2 Å². The minimum Gasteiger partial charge on any atom is -0.478 e. The van der Waals surface area contributed by atoms with Gasteiger partial charge in [0.2, 0.25) is 0 Å². The molecule has 1 aromatic rings. The van der Waals surface area contributed by atoms with Gasteiger partial charge in [0.1, 0.15) is 0 Å². The van der Waals surface area contributed by atoms with Gasteiger partial charge in [-0.3, -0.25) is 0 Å². The van der Waals surface area contributed by atoms with Gasteiger partial charge in [0.15, 0.2) is 0 Å². The first kappa shape index (κ1) is 27.3. The van der Waals surface area contributed by atoms with Crippen molar-refractivity contribution in [3.63, 3.8) is 0 Å². The van der Waals surface area contributed by atoms with Gasteiger partial charge in [-0.1, -0.05) is 79.7 Å². The second-order valence-corrected chi connectivity index (χ2v) is 9.82. The van der Waals surface area contributed by atoms with E-state index < -0.39 is 5.97 Å². The van der Waals surface area contributed by atoms with Crippen molar-refractivity contribution in [2.45, 2.75) is 90.7 Å². The van der Waals surface area contributed by atoms with E-state index in [0.29, 0.717) is 0 Å². The molecule has 0 unspecified atom stereocenters. The molecule has 1 N–H and O–H groups in total. The maximum atomic E-state index is 10.6. The number of carboxylic acids is 1. The molecule has 162 valence electrons. The first-order chi connectivity index (χ1) is 13.5. The van der Waals surface area contributed by atoms with Crippen LogP contribution in [0.15, 0.2) is 53.0 Å². The fourth-order valence-corrected chi connectivity index (χ4v) is 5.18. The van der Waals surface area contributed by atoms with Crippen molar-refractivity contribution in [2.24, 2.45) is 0 Å². The van der Waals surface area contributed by atoms with Gasteiger partial charge in [-0.25, -0.2) is 4.79 Å². The lowest BCUT2D eigenvalue weighted by molar-refractivity contribution is -0.131. The Morgan fingerprint density at radius 2 is 1.66 bits per heavy atom. The van der Waals surface area contributed by atoms with Crippen molar-refractivity contribution in [3.8, 4) is 0 Å². The lowest BCUT2D eigenvalue weighted by Gasteiger charge is -2.41. The monoisotopic (exact) mass is 416 g/mol. The number of hydrogen-bond donors (Lipinski definition) is 1. The maximum Gasteiger partial charge on any atom is 0.328 e. The molecule has 0 atom stereocenters. The molecule has 0 amide bonds. The first-order valence-corrected chi connectivity index (χ1v) is 11.4. The van der Waals surface area contributed by atoms with Gasteiger partial charge < -0.3 is 5.11 Å². The molecular formula is C26H40O2S. The highest BCUT2D eigenvalue weighted by molar-refractivity contribution is 8.00. The van der Waals surface area contributed by atoms with Crippen LogP contribution in [0.3, 0.4) is 0 Å². The fraction of sp³-hybridized carbons (Fsp3) is 0.500. The van der Waals surface area contributed by atoms with E-state index in [1.54, 1.807) is 6.92 Å². The summed E-state index contributed by atoms with van der Waals surface area (Å²) in [6.07, 6.45) is 8.13. The van der Waals surface area contributed by atoms with Crippen LogP contribution in [0.5, 0.6) is 0 Å². The molecule has 1 aliphatic rings. The van der Waals surface area contributed by atoms with E-state index in [0.717, 1.165) is 12.0 Å². The molecule has 0 fully saturated rings. The zero-order chi connectivity index (χ0) is 22.8. The Bertz CT molecular complexity index is 765. The standard InChI is InChI=1S/C22H28O2S.2C2H6/c1-15(12-20(23)24)8-7-9-16(2)17-10-11-19-18(13-17)21(3,4)14-22(5,6)25-19;2*1-2/h7-13H,14H2,1-6H3,(H,23,24);2*1-2H3/b8-7+,15-12+,16-9+;;. The highest BCUT2D eigenvalue weighted by atomic mass is 32.2. The zero-order valence-corrected chi connectivity index (χ0v) is 20.8. The third kappa shape index (κ3) is 8.65. The van der Waals surface area contributed by atoms with Crippen molar-refractivity contribution in [3.05, 3.63) is 59.2 Å². The van der Waals surface area contributed by atoms with E-state index in [9.17, 15) is 4.79 Å². The van der Waals surface area contributed by atoms with E-state index in [1.165, 1.54) is 27.7 Å². The second kappa shape index (κ2) is 12.1. The summed E-state index contributed by atoms with van der Waals surface area (Å²) in [4.78, 5) is 12.0. The number of hydrogen-bond acceptors (Lipinski definition) is 2. The summed E-state index contributed by atoms with van der Waals surface area (Å²) >= 11 is 1.97. The first-order valence-electron chi connectivity index (χ1n) is 10.6. The number of fused-ring (bicyclic) bond motifs is 1. The molecule has 0 bridgehead atoms. The quantitative estimate of drug-likeness (QED) is 0.396. The Morgan fingerprint density at radius 1 is 1.07 bits per heavy atom. The SMILES string of the molecule is CC.CC.CC(/C=C/C=C(\C)c1ccc2c(c1)C(C)(C)CC(C)(C)S2)=C\C(=O)O. The smallest absolute Gasteiger partial charge is 0.328 e. The molecule has 0 radical (unpaired) electrons. The average molecular weight is 417 g/mol. The molecule has 0 aromatic heterocycles. The number of rotatable bonds is 4. The van der Waals surface area contributed by atoms with Crippen LogP contribution >= 0.6 is 11.8 Å². The van der Waals surface area contributed by atoms with Crippen molar-refractivity contribution < 1.29 is 9.90 Å². The summed E-state index contributed by atoms with van der Waals surface area (Å²) in [6, 6.07) is 6.74. The number of thioether (sulfide) groups is 1.